The van der Waals surface area contributed by atoms with Gasteiger partial charge in [0.25, 0.3) is 0 Å². The number of nitrogens with one attached hydrogen (secondary N) is 2. The molecule has 1 atom stereocenters. The van der Waals surface area contributed by atoms with E-state index < -0.39 is 6.04 Å². The molecule has 2 rings (SSSR count). The molecule has 2 amide bonds. The fraction of sp³-hybridized carbons (Fsp3) is 0.625. The summed E-state index contributed by atoms with van der Waals surface area (Å²) in [6.45, 7) is 6.18. The van der Waals surface area contributed by atoms with Crippen LogP contribution in [0.25, 0.3) is 0 Å². The van der Waals surface area contributed by atoms with Crippen molar-refractivity contribution in [3.63, 3.8) is 0 Å². The normalized spacial score (nSPS) is 16.1. The van der Waals surface area contributed by atoms with Crippen LogP contribution in [0.3, 0.4) is 0 Å². The molecule has 1 fully saturated rings. The lowest BCUT2D eigenvalue weighted by Gasteiger charge is -2.33. The van der Waals surface area contributed by atoms with Gasteiger partial charge in [-0.2, -0.15) is 0 Å². The van der Waals surface area contributed by atoms with Crippen molar-refractivity contribution in [1.82, 2.24) is 15.5 Å². The number of nitrogens with zero attached hydrogens (tertiary/aromatic N) is 1. The average Bonchev–Trinajstić information content (AvgIpc) is 2.74. The maximum Gasteiger partial charge on any atom is 0.242 e. The molecule has 1 aliphatic heterocycles. The minimum absolute atomic E-state index is 0.0867. The van der Waals surface area contributed by atoms with Gasteiger partial charge in [0.05, 0.1) is 0 Å². The molecule has 1 saturated heterocycles. The summed E-state index contributed by atoms with van der Waals surface area (Å²) in [5, 5.41) is 5.94. The van der Waals surface area contributed by atoms with Gasteiger partial charge in [-0.3, -0.25) is 19.3 Å². The topological polar surface area (TPSA) is 78.5 Å². The van der Waals surface area contributed by atoms with E-state index >= 15 is 0 Å². The minimum Gasteiger partial charge on any atom is -0.351 e. The van der Waals surface area contributed by atoms with Gasteiger partial charge in [0.15, 0.2) is 0 Å². The molecular formula is C24H37N3O3. The summed E-state index contributed by atoms with van der Waals surface area (Å²) in [6.07, 6.45) is 6.21. The molecule has 0 bridgehead atoms. The predicted molar refractivity (Wildman–Crippen MR) is 119 cm³/mol. The number of Topliss-reactive ketones (excluding diaryl/α,β-unsaturated/α-hetero) is 1. The second-order valence-corrected chi connectivity index (χ2v) is 8.29. The number of piperidine rings is 1. The van der Waals surface area contributed by atoms with Crippen molar-refractivity contribution in [3.05, 3.63) is 35.9 Å². The van der Waals surface area contributed by atoms with E-state index in [1.54, 1.807) is 0 Å². The summed E-state index contributed by atoms with van der Waals surface area (Å²) >= 11 is 0. The van der Waals surface area contributed by atoms with Gasteiger partial charge in [0, 0.05) is 45.4 Å². The van der Waals surface area contributed by atoms with Crippen LogP contribution in [0.5, 0.6) is 0 Å². The number of amides is 2. The molecule has 30 heavy (non-hydrogen) atoms. The quantitative estimate of drug-likeness (QED) is 0.514. The number of benzene rings is 1. The zero-order chi connectivity index (χ0) is 21.8. The Hall–Kier alpha value is -2.21. The molecule has 0 aromatic heterocycles. The van der Waals surface area contributed by atoms with Crippen LogP contribution >= 0.6 is 0 Å². The Morgan fingerprint density at radius 3 is 2.40 bits per heavy atom. The molecule has 0 saturated carbocycles. The summed E-state index contributed by atoms with van der Waals surface area (Å²) in [5.74, 6) is 0.00935. The van der Waals surface area contributed by atoms with E-state index in [2.05, 4.69) is 39.8 Å². The first-order chi connectivity index (χ1) is 14.5. The van der Waals surface area contributed by atoms with Gasteiger partial charge >= 0.3 is 0 Å². The fourth-order valence-corrected chi connectivity index (χ4v) is 3.92. The van der Waals surface area contributed by atoms with Crippen molar-refractivity contribution in [2.45, 2.75) is 83.8 Å². The number of carbonyl (C=O) groups is 3. The number of hydrogen-bond donors (Lipinski definition) is 2. The maximum absolute atomic E-state index is 12.7. The van der Waals surface area contributed by atoms with Crippen molar-refractivity contribution in [3.8, 4) is 0 Å². The zero-order valence-corrected chi connectivity index (χ0v) is 18.5. The monoisotopic (exact) mass is 415 g/mol. The first kappa shape index (κ1) is 24.1. The summed E-state index contributed by atoms with van der Waals surface area (Å²) in [6, 6.07) is 10.1. The highest BCUT2D eigenvalue weighted by atomic mass is 16.2. The summed E-state index contributed by atoms with van der Waals surface area (Å²) in [7, 11) is 0. The van der Waals surface area contributed by atoms with Crippen molar-refractivity contribution in [1.29, 1.82) is 0 Å². The number of hydrogen-bond acceptors (Lipinski definition) is 4. The Bertz CT molecular complexity index is 670. The van der Waals surface area contributed by atoms with Crippen molar-refractivity contribution < 1.29 is 14.4 Å². The van der Waals surface area contributed by atoms with Crippen LogP contribution in [0, 0.1) is 0 Å². The Morgan fingerprint density at radius 1 is 1.07 bits per heavy atom. The Kier molecular flexibility index (Phi) is 10.6. The lowest BCUT2D eigenvalue weighted by Crippen LogP contribution is -2.51. The Morgan fingerprint density at radius 2 is 1.77 bits per heavy atom. The summed E-state index contributed by atoms with van der Waals surface area (Å²) in [5.41, 5.74) is 1.31. The standard InChI is InChI=1S/C24H37N3O3/c1-3-22(29)12-8-5-9-13-23(25-19(2)28)24(30)26-21-14-16-27(17-15-21)18-20-10-6-4-7-11-20/h4,6-7,10-11,21,23H,3,5,8-9,12-18H2,1-2H3,(H,25,28)(H,26,30)/t23-/m0/s1. The Labute approximate surface area is 180 Å². The van der Waals surface area contributed by atoms with Crippen LogP contribution < -0.4 is 10.6 Å². The van der Waals surface area contributed by atoms with Gasteiger partial charge in [0.2, 0.25) is 11.8 Å². The molecule has 1 heterocycles. The number of unbranched alkanes of at least 4 members (excludes halogenated alkanes) is 2. The lowest BCUT2D eigenvalue weighted by molar-refractivity contribution is -0.129. The molecule has 6 nitrogen and oxygen atoms in total. The van der Waals surface area contributed by atoms with E-state index in [1.807, 2.05) is 13.0 Å². The van der Waals surface area contributed by atoms with Crippen LogP contribution in [0.4, 0.5) is 0 Å². The van der Waals surface area contributed by atoms with E-state index in [1.165, 1.54) is 12.5 Å². The predicted octanol–water partition coefficient (Wildman–Crippen LogP) is 3.20. The molecule has 0 radical (unpaired) electrons. The fourth-order valence-electron chi connectivity index (χ4n) is 3.92. The van der Waals surface area contributed by atoms with Crippen molar-refractivity contribution in [2.24, 2.45) is 0 Å². The van der Waals surface area contributed by atoms with Gasteiger partial charge in [-0.1, -0.05) is 50.1 Å². The number of carbonyl (C=O) groups excluding carboxylic acids is 3. The van der Waals surface area contributed by atoms with E-state index in [9.17, 15) is 14.4 Å². The molecule has 166 valence electrons. The molecule has 6 heteroatoms. The molecule has 1 aliphatic rings. The third-order valence-electron chi connectivity index (χ3n) is 5.72. The van der Waals surface area contributed by atoms with Gasteiger partial charge in [-0.25, -0.2) is 0 Å². The molecule has 1 aromatic rings. The first-order valence-corrected chi connectivity index (χ1v) is 11.3. The highest BCUT2D eigenvalue weighted by Gasteiger charge is 2.25. The van der Waals surface area contributed by atoms with E-state index in [0.717, 1.165) is 51.7 Å². The molecule has 0 aliphatic carbocycles. The smallest absolute Gasteiger partial charge is 0.242 e. The minimum atomic E-state index is -0.494. The average molecular weight is 416 g/mol. The second-order valence-electron chi connectivity index (χ2n) is 8.29. The molecule has 0 spiro atoms. The van der Waals surface area contributed by atoms with Gasteiger partial charge in [-0.05, 0) is 31.2 Å². The van der Waals surface area contributed by atoms with Gasteiger partial charge in [-0.15, -0.1) is 0 Å². The number of ketones is 1. The van der Waals surface area contributed by atoms with Crippen molar-refractivity contribution >= 4 is 17.6 Å². The highest BCUT2D eigenvalue weighted by molar-refractivity contribution is 5.87. The van der Waals surface area contributed by atoms with Gasteiger partial charge < -0.3 is 10.6 Å². The molecular weight excluding hydrogens is 378 g/mol. The van der Waals surface area contributed by atoms with Crippen LogP contribution in [-0.2, 0) is 20.9 Å². The van der Waals surface area contributed by atoms with E-state index in [0.29, 0.717) is 19.3 Å². The molecule has 1 aromatic carbocycles. The van der Waals surface area contributed by atoms with Crippen LogP contribution in [0.15, 0.2) is 30.3 Å². The summed E-state index contributed by atoms with van der Waals surface area (Å²) < 4.78 is 0. The second kappa shape index (κ2) is 13.2. The molecule has 2 N–H and O–H groups in total. The maximum atomic E-state index is 12.7. The van der Waals surface area contributed by atoms with Crippen LogP contribution in [-0.4, -0.2) is 47.7 Å². The number of rotatable bonds is 12. The molecule has 0 unspecified atom stereocenters. The largest absolute Gasteiger partial charge is 0.351 e. The van der Waals surface area contributed by atoms with Crippen LogP contribution in [0.2, 0.25) is 0 Å². The van der Waals surface area contributed by atoms with Crippen molar-refractivity contribution in [2.75, 3.05) is 13.1 Å². The first-order valence-electron chi connectivity index (χ1n) is 11.3. The third-order valence-corrected chi connectivity index (χ3v) is 5.72. The van der Waals surface area contributed by atoms with Crippen LogP contribution in [0.1, 0.15) is 70.8 Å². The highest BCUT2D eigenvalue weighted by Crippen LogP contribution is 2.15. The van der Waals surface area contributed by atoms with Gasteiger partial charge in [0.1, 0.15) is 11.8 Å². The third kappa shape index (κ3) is 9.08. The lowest BCUT2D eigenvalue weighted by atomic mass is 10.0. The van der Waals surface area contributed by atoms with E-state index in [4.69, 9.17) is 0 Å². The number of likely N-dealkylation sites (tertiary alicyclic amines) is 1. The SMILES string of the molecule is CCC(=O)CCCCC[C@H](NC(C)=O)C(=O)NC1CCN(Cc2ccccc2)CC1. The Balaban J connectivity index is 1.72. The summed E-state index contributed by atoms with van der Waals surface area (Å²) in [4.78, 5) is 38.1. The zero-order valence-electron chi connectivity index (χ0n) is 18.5. The van der Waals surface area contributed by atoms with E-state index in [-0.39, 0.29) is 23.6 Å².